The maximum atomic E-state index is 6.70. The monoisotopic (exact) mass is 310 g/mol. The van der Waals surface area contributed by atoms with E-state index in [4.69, 9.17) is 21.1 Å². The first-order valence-corrected chi connectivity index (χ1v) is 8.19. The number of ether oxygens (including phenoxy) is 2. The molecule has 0 aliphatic heterocycles. The zero-order valence-electron chi connectivity index (χ0n) is 13.8. The van der Waals surface area contributed by atoms with Gasteiger partial charge in [-0.1, -0.05) is 27.2 Å². The van der Waals surface area contributed by atoms with Crippen LogP contribution in [0.15, 0.2) is 18.2 Å². The molecule has 1 aromatic carbocycles. The number of rotatable bonds is 4. The molecule has 0 N–H and O–H groups in total. The minimum absolute atomic E-state index is 0.00831. The van der Waals surface area contributed by atoms with Gasteiger partial charge in [0.2, 0.25) is 0 Å². The van der Waals surface area contributed by atoms with E-state index in [1.165, 1.54) is 18.4 Å². The largest absolute Gasteiger partial charge is 0.497 e. The van der Waals surface area contributed by atoms with Crippen molar-refractivity contribution < 1.29 is 9.47 Å². The quantitative estimate of drug-likeness (QED) is 0.727. The Kier molecular flexibility index (Phi) is 5.08. The second kappa shape index (κ2) is 6.48. The van der Waals surface area contributed by atoms with Gasteiger partial charge in [0.1, 0.15) is 11.5 Å². The summed E-state index contributed by atoms with van der Waals surface area (Å²) in [6, 6.07) is 6.15. The van der Waals surface area contributed by atoms with E-state index in [1.54, 1.807) is 14.2 Å². The van der Waals surface area contributed by atoms with E-state index in [1.807, 2.05) is 6.07 Å². The Morgan fingerprint density at radius 2 is 1.62 bits per heavy atom. The summed E-state index contributed by atoms with van der Waals surface area (Å²) in [6.45, 7) is 6.88. The van der Waals surface area contributed by atoms with Crippen LogP contribution in [0, 0.1) is 11.8 Å². The van der Waals surface area contributed by atoms with Crippen LogP contribution in [0.5, 0.6) is 11.5 Å². The van der Waals surface area contributed by atoms with Crippen molar-refractivity contribution in [1.82, 2.24) is 0 Å². The third-order valence-electron chi connectivity index (χ3n) is 5.06. The highest BCUT2D eigenvalue weighted by atomic mass is 35.5. The molecule has 2 rings (SSSR count). The van der Waals surface area contributed by atoms with Crippen molar-refractivity contribution in [2.75, 3.05) is 14.2 Å². The first-order chi connectivity index (χ1) is 9.88. The molecule has 3 unspecified atom stereocenters. The molecule has 0 heterocycles. The van der Waals surface area contributed by atoms with Crippen molar-refractivity contribution in [3.8, 4) is 11.5 Å². The van der Waals surface area contributed by atoms with E-state index >= 15 is 0 Å². The predicted octanol–water partition coefficient (Wildman–Crippen LogP) is 5.03. The molecule has 0 aromatic heterocycles. The number of methoxy groups -OCH3 is 2. The highest BCUT2D eigenvalue weighted by Gasteiger charge is 2.39. The van der Waals surface area contributed by atoms with Gasteiger partial charge in [0.15, 0.2) is 0 Å². The van der Waals surface area contributed by atoms with Crippen molar-refractivity contribution >= 4 is 11.6 Å². The second-order valence-electron chi connectivity index (χ2n) is 6.86. The molecular formula is C18H27ClO2. The summed E-state index contributed by atoms with van der Waals surface area (Å²) in [5, 5.41) is 0.237. The van der Waals surface area contributed by atoms with E-state index in [0.29, 0.717) is 5.92 Å². The van der Waals surface area contributed by atoms with Crippen molar-refractivity contribution in [3.63, 3.8) is 0 Å². The lowest BCUT2D eigenvalue weighted by Crippen LogP contribution is -2.38. The molecule has 0 spiro atoms. The molecular weight excluding hydrogens is 284 g/mol. The lowest BCUT2D eigenvalue weighted by atomic mass is 9.65. The fourth-order valence-corrected chi connectivity index (χ4v) is 4.26. The molecule has 0 bridgehead atoms. The molecule has 118 valence electrons. The Hall–Kier alpha value is -0.890. The van der Waals surface area contributed by atoms with Gasteiger partial charge in [-0.2, -0.15) is 0 Å². The topological polar surface area (TPSA) is 18.5 Å². The van der Waals surface area contributed by atoms with Gasteiger partial charge in [-0.25, -0.2) is 0 Å². The molecule has 1 fully saturated rings. The highest BCUT2D eigenvalue weighted by Crippen LogP contribution is 2.45. The molecule has 21 heavy (non-hydrogen) atoms. The van der Waals surface area contributed by atoms with Crippen LogP contribution in [-0.4, -0.2) is 19.6 Å². The van der Waals surface area contributed by atoms with Crippen LogP contribution in [-0.2, 0) is 5.41 Å². The smallest absolute Gasteiger partial charge is 0.122 e. The van der Waals surface area contributed by atoms with Crippen molar-refractivity contribution in [1.29, 1.82) is 0 Å². The van der Waals surface area contributed by atoms with E-state index in [2.05, 4.69) is 32.9 Å². The third-order valence-corrected chi connectivity index (χ3v) is 5.54. The summed E-state index contributed by atoms with van der Waals surface area (Å²) in [5.41, 5.74) is 1.25. The molecule has 3 atom stereocenters. The molecule has 1 aliphatic rings. The van der Waals surface area contributed by atoms with Gasteiger partial charge in [0, 0.05) is 11.4 Å². The second-order valence-corrected chi connectivity index (χ2v) is 7.42. The van der Waals surface area contributed by atoms with Crippen LogP contribution in [0.3, 0.4) is 0 Å². The zero-order valence-corrected chi connectivity index (χ0v) is 14.5. The molecule has 1 saturated carbocycles. The Labute approximate surface area is 133 Å². The maximum Gasteiger partial charge on any atom is 0.122 e. The predicted molar refractivity (Wildman–Crippen MR) is 88.7 cm³/mol. The molecule has 0 radical (unpaired) electrons. The van der Waals surface area contributed by atoms with Crippen LogP contribution >= 0.6 is 11.6 Å². The first kappa shape index (κ1) is 16.5. The van der Waals surface area contributed by atoms with Crippen LogP contribution in [0.2, 0.25) is 0 Å². The number of hydrogen-bond donors (Lipinski definition) is 0. The molecule has 0 saturated heterocycles. The van der Waals surface area contributed by atoms with Crippen LogP contribution in [0.4, 0.5) is 0 Å². The Bertz CT molecular complexity index is 462. The van der Waals surface area contributed by atoms with E-state index in [-0.39, 0.29) is 10.8 Å². The summed E-state index contributed by atoms with van der Waals surface area (Å²) in [4.78, 5) is 0. The molecule has 0 amide bonds. The molecule has 3 heteroatoms. The summed E-state index contributed by atoms with van der Waals surface area (Å²) >= 11 is 6.70. The van der Waals surface area contributed by atoms with Crippen LogP contribution in [0.25, 0.3) is 0 Å². The average molecular weight is 311 g/mol. The maximum absolute atomic E-state index is 6.70. The van der Waals surface area contributed by atoms with Gasteiger partial charge in [-0.05, 0) is 47.8 Å². The number of hydrogen-bond acceptors (Lipinski definition) is 2. The summed E-state index contributed by atoms with van der Waals surface area (Å²) < 4.78 is 10.8. The number of benzene rings is 1. The van der Waals surface area contributed by atoms with Gasteiger partial charge in [-0.15, -0.1) is 11.6 Å². The average Bonchev–Trinajstić information content (AvgIpc) is 2.46. The normalized spacial score (nSPS) is 26.5. The Morgan fingerprint density at radius 1 is 1.05 bits per heavy atom. The van der Waals surface area contributed by atoms with Crippen LogP contribution in [0.1, 0.15) is 45.6 Å². The van der Waals surface area contributed by atoms with Gasteiger partial charge in [-0.3, -0.25) is 0 Å². The SMILES string of the molecule is COc1cc(OC)cc(C(C)(C)C2CCC(C)CC2Cl)c1. The van der Waals surface area contributed by atoms with E-state index < -0.39 is 0 Å². The Morgan fingerprint density at radius 3 is 2.10 bits per heavy atom. The number of alkyl halides is 1. The van der Waals surface area contributed by atoms with Gasteiger partial charge in [0.25, 0.3) is 0 Å². The highest BCUT2D eigenvalue weighted by molar-refractivity contribution is 6.20. The van der Waals surface area contributed by atoms with E-state index in [0.717, 1.165) is 23.8 Å². The summed E-state index contributed by atoms with van der Waals surface area (Å²) in [7, 11) is 3.39. The van der Waals surface area contributed by atoms with Gasteiger partial charge in [0.05, 0.1) is 14.2 Å². The van der Waals surface area contributed by atoms with Crippen molar-refractivity contribution in [2.45, 2.75) is 50.8 Å². The van der Waals surface area contributed by atoms with E-state index in [9.17, 15) is 0 Å². The molecule has 2 nitrogen and oxygen atoms in total. The Balaban J connectivity index is 2.34. The van der Waals surface area contributed by atoms with Crippen molar-refractivity contribution in [3.05, 3.63) is 23.8 Å². The standard InChI is InChI=1S/C18H27ClO2/c1-12-6-7-16(17(19)8-12)18(2,3)13-9-14(20-4)11-15(10-13)21-5/h9-12,16-17H,6-8H2,1-5H3. The molecule has 1 aromatic rings. The number of halogens is 1. The lowest BCUT2D eigenvalue weighted by Gasteiger charge is -2.42. The summed E-state index contributed by atoms with van der Waals surface area (Å²) in [5.74, 6) is 2.90. The van der Waals surface area contributed by atoms with Crippen molar-refractivity contribution in [2.24, 2.45) is 11.8 Å². The fourth-order valence-electron chi connectivity index (χ4n) is 3.52. The fraction of sp³-hybridized carbons (Fsp3) is 0.667. The lowest BCUT2D eigenvalue weighted by molar-refractivity contribution is 0.207. The third kappa shape index (κ3) is 3.48. The minimum Gasteiger partial charge on any atom is -0.497 e. The zero-order chi connectivity index (χ0) is 15.6. The van der Waals surface area contributed by atoms with Gasteiger partial charge < -0.3 is 9.47 Å². The summed E-state index contributed by atoms with van der Waals surface area (Å²) in [6.07, 6.45) is 3.55. The molecule has 1 aliphatic carbocycles. The minimum atomic E-state index is 0.00831. The van der Waals surface area contributed by atoms with Crippen LogP contribution < -0.4 is 9.47 Å². The first-order valence-electron chi connectivity index (χ1n) is 7.76. The van der Waals surface area contributed by atoms with Gasteiger partial charge >= 0.3 is 0 Å².